The molecule has 0 spiro atoms. The van der Waals surface area contributed by atoms with E-state index >= 15 is 0 Å². The van der Waals surface area contributed by atoms with Crippen molar-refractivity contribution in [1.29, 1.82) is 0 Å². The third-order valence-electron chi connectivity index (χ3n) is 5.83. The lowest BCUT2D eigenvalue weighted by atomic mass is 9.99. The van der Waals surface area contributed by atoms with Crippen molar-refractivity contribution in [3.63, 3.8) is 0 Å². The van der Waals surface area contributed by atoms with Gasteiger partial charge < -0.3 is 40.3 Å². The number of ether oxygens (including phenoxy) is 1. The maximum atomic E-state index is 13.1. The number of nitrogens with two attached hydrogens (primary N) is 1. The summed E-state index contributed by atoms with van der Waals surface area (Å²) in [5.41, 5.74) is 2.16. The number of esters is 1. The number of amides is 2. The number of H-pyrrole nitrogens is 1. The summed E-state index contributed by atoms with van der Waals surface area (Å²) in [6.07, 6.45) is 0.981. The van der Waals surface area contributed by atoms with Crippen molar-refractivity contribution in [1.82, 2.24) is 24.7 Å². The maximum absolute atomic E-state index is 13.1. The summed E-state index contributed by atoms with van der Waals surface area (Å²) in [6, 6.07) is -1.35. The number of pyridine rings is 1. The number of carboxylic acids is 1. The first-order chi connectivity index (χ1) is 20.5. The smallest absolute Gasteiger partial charge is 0.377 e. The van der Waals surface area contributed by atoms with Gasteiger partial charge in [0, 0.05) is 23.7 Å². The molecule has 3 aromatic rings. The number of aromatic amines is 1. The van der Waals surface area contributed by atoms with Gasteiger partial charge in [0.25, 0.3) is 11.8 Å². The maximum Gasteiger partial charge on any atom is 0.377 e. The largest absolute Gasteiger partial charge is 0.503 e. The first-order valence-corrected chi connectivity index (χ1v) is 14.2. The molecule has 0 unspecified atom stereocenters. The van der Waals surface area contributed by atoms with Crippen LogP contribution in [0.25, 0.3) is 11.4 Å². The van der Waals surface area contributed by atoms with E-state index in [1.54, 1.807) is 0 Å². The lowest BCUT2D eigenvalue weighted by Gasteiger charge is -2.43. The molecule has 4 rings (SSSR count). The molecule has 0 saturated carbocycles. The third-order valence-corrected chi connectivity index (χ3v) is 7.45. The number of hydrogen-bond acceptors (Lipinski definition) is 16. The molecule has 0 radical (unpaired) electrons. The van der Waals surface area contributed by atoms with Crippen molar-refractivity contribution < 1.29 is 56.5 Å². The molecule has 7 N–H and O–H groups in total. The minimum absolute atomic E-state index is 0.00704. The standard InChI is InChI=1S/C22H21N7O13S2/c1-22(2,20(35)36)42-28-15(10-7-43-21(23)25-10)17(32)26-16-11(29(18(16)33)44(37,38)39)6-40-19(34)14-4-9(27-41-14)8-3-12(30)13(31)5-24-8/h3-5,7,11,16,31H,6H2,1-2H3,(H2,23,25)(H,24,30)(H,26,32)(H,35,36)(H,37,38,39)/t11-,16+/m1/s1. The number of nitrogen functional groups attached to an aromatic ring is 1. The van der Waals surface area contributed by atoms with Gasteiger partial charge in [0.2, 0.25) is 16.8 Å². The minimum Gasteiger partial charge on any atom is -0.503 e. The van der Waals surface area contributed by atoms with Gasteiger partial charge >= 0.3 is 22.2 Å². The van der Waals surface area contributed by atoms with Crippen molar-refractivity contribution in [2.24, 2.45) is 5.16 Å². The molecule has 1 saturated heterocycles. The highest BCUT2D eigenvalue weighted by Crippen LogP contribution is 2.25. The molecule has 1 aliphatic rings. The van der Waals surface area contributed by atoms with E-state index in [1.165, 1.54) is 5.38 Å². The van der Waals surface area contributed by atoms with Crippen molar-refractivity contribution in [2.75, 3.05) is 12.3 Å². The summed E-state index contributed by atoms with van der Waals surface area (Å²) in [5, 5.41) is 29.2. The molecule has 1 aliphatic heterocycles. The normalized spacial score (nSPS) is 17.1. The summed E-state index contributed by atoms with van der Waals surface area (Å²) >= 11 is 0.890. The number of carbonyl (C=O) groups excluding carboxylic acids is 3. The van der Waals surface area contributed by atoms with Gasteiger partial charge in [-0.1, -0.05) is 10.3 Å². The Hall–Kier alpha value is -5.35. The van der Waals surface area contributed by atoms with Gasteiger partial charge in [-0.2, -0.15) is 8.42 Å². The summed E-state index contributed by atoms with van der Waals surface area (Å²) < 4.78 is 43.1. The molecule has 0 aliphatic carbocycles. The molecule has 4 heterocycles. The molecule has 0 bridgehead atoms. The van der Waals surface area contributed by atoms with Crippen LogP contribution in [0.5, 0.6) is 5.75 Å². The number of thiazole rings is 1. The Bertz CT molecular complexity index is 1840. The highest BCUT2D eigenvalue weighted by molar-refractivity contribution is 7.84. The summed E-state index contributed by atoms with van der Waals surface area (Å²) in [6.45, 7) is 1.37. The first-order valence-electron chi connectivity index (χ1n) is 11.9. The highest BCUT2D eigenvalue weighted by Gasteiger charge is 2.55. The van der Waals surface area contributed by atoms with Crippen LogP contribution in [0, 0.1) is 0 Å². The van der Waals surface area contributed by atoms with Crippen molar-refractivity contribution in [3.05, 3.63) is 45.4 Å². The summed E-state index contributed by atoms with van der Waals surface area (Å²) in [5.74, 6) is -6.24. The molecule has 2 amide bonds. The van der Waals surface area contributed by atoms with Crippen LogP contribution >= 0.6 is 11.3 Å². The molecule has 2 atom stereocenters. The Kier molecular flexibility index (Phi) is 8.42. The number of aromatic nitrogens is 3. The lowest BCUT2D eigenvalue weighted by Crippen LogP contribution is -2.73. The van der Waals surface area contributed by atoms with Crippen LogP contribution in [0.1, 0.15) is 30.1 Å². The van der Waals surface area contributed by atoms with Crippen molar-refractivity contribution >= 4 is 56.2 Å². The van der Waals surface area contributed by atoms with Crippen LogP contribution in [-0.2, 0) is 34.3 Å². The van der Waals surface area contributed by atoms with E-state index in [9.17, 15) is 47.2 Å². The number of nitrogens with one attached hydrogen (secondary N) is 2. The fourth-order valence-electron chi connectivity index (χ4n) is 3.48. The van der Waals surface area contributed by atoms with Crippen LogP contribution in [0.4, 0.5) is 5.13 Å². The Labute approximate surface area is 248 Å². The Morgan fingerprint density at radius 1 is 1.30 bits per heavy atom. The van der Waals surface area contributed by atoms with E-state index in [0.29, 0.717) is 0 Å². The zero-order chi connectivity index (χ0) is 32.6. The lowest BCUT2D eigenvalue weighted by molar-refractivity contribution is -0.161. The fraction of sp³-hybridized carbons (Fsp3) is 0.273. The molecule has 3 aromatic heterocycles. The number of carboxylic acid groups (broad SMARTS) is 1. The molecule has 22 heteroatoms. The number of hydrogen-bond donors (Lipinski definition) is 6. The zero-order valence-corrected chi connectivity index (χ0v) is 23.9. The second-order valence-corrected chi connectivity index (χ2v) is 11.5. The molecule has 0 aromatic carbocycles. The third kappa shape index (κ3) is 6.50. The Morgan fingerprint density at radius 3 is 2.59 bits per heavy atom. The van der Waals surface area contributed by atoms with Crippen LogP contribution < -0.4 is 16.5 Å². The van der Waals surface area contributed by atoms with Crippen LogP contribution in [0.2, 0.25) is 0 Å². The van der Waals surface area contributed by atoms with Gasteiger partial charge in [-0.05, 0) is 13.8 Å². The number of aromatic hydroxyl groups is 1. The number of β-lactam (4-membered cyclic amide) rings is 1. The van der Waals surface area contributed by atoms with E-state index in [2.05, 4.69) is 25.6 Å². The molecule has 234 valence electrons. The SMILES string of the molecule is CC(C)(ON=C(C(=O)N[C@@H]1C(=O)N(S(=O)(=O)O)[C@@H]1COC(=O)c1cc(-c2cc(=O)c(O)c[nH]2)no1)c1csc(N)n1)C(=O)O. The minimum atomic E-state index is -5.19. The number of rotatable bonds is 11. The monoisotopic (exact) mass is 655 g/mol. The van der Waals surface area contributed by atoms with Crippen molar-refractivity contribution in [2.45, 2.75) is 31.5 Å². The first kappa shape index (κ1) is 31.6. The fourth-order valence-corrected chi connectivity index (χ4v) is 4.89. The van der Waals surface area contributed by atoms with E-state index in [-0.39, 0.29) is 26.5 Å². The summed E-state index contributed by atoms with van der Waals surface area (Å²) in [7, 11) is -5.19. The average molecular weight is 656 g/mol. The second-order valence-electron chi connectivity index (χ2n) is 9.32. The van der Waals surface area contributed by atoms with E-state index in [0.717, 1.165) is 43.5 Å². The quantitative estimate of drug-likeness (QED) is 0.0460. The van der Waals surface area contributed by atoms with E-state index < -0.39 is 81.0 Å². The zero-order valence-electron chi connectivity index (χ0n) is 22.3. The van der Waals surface area contributed by atoms with Gasteiger partial charge in [-0.15, -0.1) is 11.3 Å². The van der Waals surface area contributed by atoms with Crippen LogP contribution in [0.3, 0.4) is 0 Å². The second kappa shape index (κ2) is 11.7. The number of nitrogens with zero attached hydrogens (tertiary/aromatic N) is 4. The van der Waals surface area contributed by atoms with E-state index in [4.69, 9.17) is 19.8 Å². The van der Waals surface area contributed by atoms with Gasteiger partial charge in [0.05, 0.1) is 5.69 Å². The van der Waals surface area contributed by atoms with Gasteiger partial charge in [-0.3, -0.25) is 18.9 Å². The van der Waals surface area contributed by atoms with Crippen LogP contribution in [0.15, 0.2) is 38.2 Å². The highest BCUT2D eigenvalue weighted by atomic mass is 32.2. The number of aliphatic carboxylic acids is 1. The van der Waals surface area contributed by atoms with Crippen molar-refractivity contribution in [3.8, 4) is 17.1 Å². The average Bonchev–Trinajstić information content (AvgIpc) is 3.60. The molecular weight excluding hydrogens is 634 g/mol. The molecule has 20 nitrogen and oxygen atoms in total. The topological polar surface area (TPSA) is 307 Å². The summed E-state index contributed by atoms with van der Waals surface area (Å²) in [4.78, 5) is 72.8. The number of anilines is 1. The number of oxime groups is 1. The predicted molar refractivity (Wildman–Crippen MR) is 144 cm³/mol. The Balaban J connectivity index is 1.52. The Morgan fingerprint density at radius 2 is 2.00 bits per heavy atom. The van der Waals surface area contributed by atoms with E-state index in [1.807, 2.05) is 0 Å². The molecule has 1 fully saturated rings. The van der Waals surface area contributed by atoms with Crippen LogP contribution in [-0.4, -0.2) is 96.4 Å². The van der Waals surface area contributed by atoms with Gasteiger partial charge in [-0.25, -0.2) is 18.9 Å². The predicted octanol–water partition coefficient (Wildman–Crippen LogP) is -1.29. The van der Waals surface area contributed by atoms with Gasteiger partial charge in [0.15, 0.2) is 16.6 Å². The molecular formula is C22H21N7O13S2. The van der Waals surface area contributed by atoms with Gasteiger partial charge in [0.1, 0.15) is 30.1 Å². The molecule has 44 heavy (non-hydrogen) atoms. The number of carbonyl (C=O) groups is 4.